The van der Waals surface area contributed by atoms with Crippen LogP contribution in [0.1, 0.15) is 17.8 Å². The molecule has 196 valence electrons. The number of hydrogen-bond donors (Lipinski definition) is 0. The van der Waals surface area contributed by atoms with Crippen LogP contribution in [0.5, 0.6) is 0 Å². The fourth-order valence-electron chi connectivity index (χ4n) is 5.85. The molecule has 0 bridgehead atoms. The van der Waals surface area contributed by atoms with Gasteiger partial charge in [0.15, 0.2) is 11.2 Å². The van der Waals surface area contributed by atoms with Crippen molar-refractivity contribution in [2.75, 3.05) is 0 Å². The van der Waals surface area contributed by atoms with Crippen molar-refractivity contribution in [2.24, 2.45) is 0 Å². The van der Waals surface area contributed by atoms with Crippen molar-refractivity contribution in [2.45, 2.75) is 0 Å². The maximum absolute atomic E-state index is 9.30. The van der Waals surface area contributed by atoms with Crippen LogP contribution in [0.3, 0.4) is 0 Å². The highest BCUT2D eigenvalue weighted by atomic mass is 16.4. The molecular formula is C40H24O2. The van der Waals surface area contributed by atoms with Crippen molar-refractivity contribution in [3.63, 3.8) is 0 Å². The second-order valence-electron chi connectivity index (χ2n) is 9.87. The van der Waals surface area contributed by atoms with Crippen LogP contribution in [0.4, 0.5) is 0 Å². The van der Waals surface area contributed by atoms with E-state index in [-0.39, 0.29) is 32.7 Å². The zero-order valence-electron chi connectivity index (χ0n) is 34.7. The SMILES string of the molecule is [2H]c1c([2H])c([2H])c(-c2c3c([2H])c([2H])c([2H])c([2H])c3c(-c3cccc4oc5c(ccc6cc(-c7ccccc7)oc65)c34)c3c([2H])c([2H])c([2H])c([2H])c23)c([2H])c1[2H]. The lowest BCUT2D eigenvalue weighted by molar-refractivity contribution is 0.611. The summed E-state index contributed by atoms with van der Waals surface area (Å²) < 4.78 is 128. The van der Waals surface area contributed by atoms with Gasteiger partial charge in [-0.3, -0.25) is 0 Å². The van der Waals surface area contributed by atoms with E-state index < -0.39 is 84.1 Å². The third-order valence-electron chi connectivity index (χ3n) is 7.60. The van der Waals surface area contributed by atoms with E-state index in [1.165, 1.54) is 0 Å². The lowest BCUT2D eigenvalue weighted by atomic mass is 9.85. The zero-order valence-corrected chi connectivity index (χ0v) is 21.7. The van der Waals surface area contributed by atoms with Crippen LogP contribution in [0, 0.1) is 0 Å². The fraction of sp³-hybridized carbons (Fsp3) is 0. The highest BCUT2D eigenvalue weighted by Crippen LogP contribution is 2.47. The molecule has 0 fully saturated rings. The van der Waals surface area contributed by atoms with Crippen LogP contribution in [0.2, 0.25) is 0 Å². The number of rotatable bonds is 3. The van der Waals surface area contributed by atoms with Crippen LogP contribution in [-0.2, 0) is 0 Å². The van der Waals surface area contributed by atoms with Gasteiger partial charge in [-0.05, 0) is 62.0 Å². The van der Waals surface area contributed by atoms with Crippen LogP contribution < -0.4 is 0 Å². The Kier molecular flexibility index (Phi) is 2.95. The molecule has 0 aliphatic heterocycles. The first-order valence-electron chi connectivity index (χ1n) is 19.7. The van der Waals surface area contributed by atoms with Crippen LogP contribution >= 0.6 is 0 Å². The topological polar surface area (TPSA) is 26.3 Å². The van der Waals surface area contributed by atoms with E-state index in [4.69, 9.17) is 21.2 Å². The Balaban J connectivity index is 1.54. The number of furan rings is 2. The molecule has 2 nitrogen and oxygen atoms in total. The molecule has 0 unspecified atom stereocenters. The summed E-state index contributed by atoms with van der Waals surface area (Å²) in [7, 11) is 0. The Morgan fingerprint density at radius 1 is 0.476 bits per heavy atom. The highest BCUT2D eigenvalue weighted by Gasteiger charge is 2.21. The zero-order chi connectivity index (χ0) is 38.9. The van der Waals surface area contributed by atoms with Gasteiger partial charge in [0, 0.05) is 21.7 Å². The van der Waals surface area contributed by atoms with Crippen LogP contribution in [-0.4, -0.2) is 0 Å². The summed E-state index contributed by atoms with van der Waals surface area (Å²) in [6, 6.07) is 11.6. The van der Waals surface area contributed by atoms with Crippen molar-refractivity contribution in [1.29, 1.82) is 0 Å². The maximum atomic E-state index is 9.30. The van der Waals surface area contributed by atoms with Crippen molar-refractivity contribution in [1.82, 2.24) is 0 Å². The lowest BCUT2D eigenvalue weighted by Crippen LogP contribution is -1.91. The first-order chi connectivity index (χ1) is 26.2. The molecule has 0 amide bonds. The van der Waals surface area contributed by atoms with Crippen molar-refractivity contribution in [3.05, 3.63) is 145 Å². The van der Waals surface area contributed by atoms with E-state index >= 15 is 0 Å². The minimum atomic E-state index is -0.725. The van der Waals surface area contributed by atoms with E-state index in [2.05, 4.69) is 0 Å². The minimum Gasteiger partial charge on any atom is -0.452 e. The Morgan fingerprint density at radius 2 is 1.14 bits per heavy atom. The standard InChI is InChI=1S/C40H24O2/c1-3-12-25(13-4-1)35-24-27-22-23-33-38-32(20-11-21-34(38)41-40(33)39(27)42-35)37-30-18-9-7-16-28(30)36(26-14-5-2-6-15-26)29-17-8-10-19-31(29)37/h1-24H/i2D,5D,6D,7D,8D,9D,10D,14D,15D,16D,17D,18D,19D. The summed E-state index contributed by atoms with van der Waals surface area (Å²) in [6.45, 7) is 0. The summed E-state index contributed by atoms with van der Waals surface area (Å²) in [5.41, 5.74) is 1.58. The smallest absolute Gasteiger partial charge is 0.178 e. The summed E-state index contributed by atoms with van der Waals surface area (Å²) in [4.78, 5) is 0. The summed E-state index contributed by atoms with van der Waals surface area (Å²) in [6.07, 6.45) is 0. The fourth-order valence-corrected chi connectivity index (χ4v) is 5.85. The van der Waals surface area contributed by atoms with Gasteiger partial charge in [0.25, 0.3) is 0 Å². The molecule has 0 N–H and O–H groups in total. The molecule has 0 aliphatic rings. The molecule has 9 rings (SSSR count). The average molecular weight is 550 g/mol. The van der Waals surface area contributed by atoms with Gasteiger partial charge < -0.3 is 8.83 Å². The summed E-state index contributed by atoms with van der Waals surface area (Å²) in [5.74, 6) is 0.607. The van der Waals surface area contributed by atoms with Gasteiger partial charge in [-0.1, -0.05) is 127 Å². The molecule has 9 aromatic rings. The number of benzene rings is 7. The predicted octanol–water partition coefficient (Wildman–Crippen LogP) is 11.6. The van der Waals surface area contributed by atoms with Crippen molar-refractivity contribution < 1.29 is 26.7 Å². The maximum Gasteiger partial charge on any atom is 0.178 e. The molecule has 42 heavy (non-hydrogen) atoms. The molecule has 7 aromatic carbocycles. The molecule has 0 radical (unpaired) electrons. The van der Waals surface area contributed by atoms with Gasteiger partial charge in [0.05, 0.1) is 17.8 Å². The normalized spacial score (nSPS) is 16.1. The third kappa shape index (κ3) is 3.33. The van der Waals surface area contributed by atoms with E-state index in [1.807, 2.05) is 48.5 Å². The van der Waals surface area contributed by atoms with Gasteiger partial charge in [0.2, 0.25) is 0 Å². The van der Waals surface area contributed by atoms with Crippen LogP contribution in [0.15, 0.2) is 154 Å². The van der Waals surface area contributed by atoms with Crippen LogP contribution in [0.25, 0.3) is 88.0 Å². The number of hydrogen-bond acceptors (Lipinski definition) is 2. The molecule has 0 atom stereocenters. The second-order valence-corrected chi connectivity index (χ2v) is 9.87. The molecule has 0 saturated heterocycles. The summed E-state index contributed by atoms with van der Waals surface area (Å²) in [5, 5.41) is 0.898. The first-order valence-corrected chi connectivity index (χ1v) is 13.2. The molecule has 2 aromatic heterocycles. The predicted molar refractivity (Wildman–Crippen MR) is 175 cm³/mol. The van der Waals surface area contributed by atoms with Gasteiger partial charge in [-0.2, -0.15) is 0 Å². The second kappa shape index (κ2) is 8.95. The van der Waals surface area contributed by atoms with E-state index in [0.29, 0.717) is 38.8 Å². The molecule has 0 saturated carbocycles. The Bertz CT molecular complexity index is 3070. The molecule has 2 heterocycles. The van der Waals surface area contributed by atoms with Crippen molar-refractivity contribution in [3.8, 4) is 33.6 Å². The van der Waals surface area contributed by atoms with E-state index in [9.17, 15) is 5.48 Å². The largest absolute Gasteiger partial charge is 0.452 e. The van der Waals surface area contributed by atoms with Crippen molar-refractivity contribution >= 4 is 54.5 Å². The molecule has 0 spiro atoms. The Morgan fingerprint density at radius 3 is 1.86 bits per heavy atom. The van der Waals surface area contributed by atoms with E-state index in [1.54, 1.807) is 18.2 Å². The molecule has 0 aliphatic carbocycles. The van der Waals surface area contributed by atoms with E-state index in [0.717, 1.165) is 10.9 Å². The molecule has 2 heteroatoms. The third-order valence-corrected chi connectivity index (χ3v) is 7.60. The highest BCUT2D eigenvalue weighted by molar-refractivity contribution is 6.26. The minimum absolute atomic E-state index is 0.0259. The first kappa shape index (κ1) is 13.8. The van der Waals surface area contributed by atoms with Gasteiger partial charge in [-0.25, -0.2) is 0 Å². The monoisotopic (exact) mass is 549 g/mol. The number of fused-ring (bicyclic) bond motifs is 7. The Hall–Kier alpha value is -5.60. The Labute approximate surface area is 260 Å². The quantitative estimate of drug-likeness (QED) is 0.205. The summed E-state index contributed by atoms with van der Waals surface area (Å²) >= 11 is 0. The van der Waals surface area contributed by atoms with Gasteiger partial charge >= 0.3 is 0 Å². The van der Waals surface area contributed by atoms with Gasteiger partial charge in [0.1, 0.15) is 11.3 Å². The average Bonchev–Trinajstić information content (AvgIpc) is 3.81. The molecular weight excluding hydrogens is 512 g/mol. The lowest BCUT2D eigenvalue weighted by Gasteiger charge is -2.18. The van der Waals surface area contributed by atoms with Gasteiger partial charge in [-0.15, -0.1) is 0 Å².